The Morgan fingerprint density at radius 3 is 0.921 bits per heavy atom. The van der Waals surface area contributed by atoms with Crippen LogP contribution in [0.3, 0.4) is 0 Å². The van der Waals surface area contributed by atoms with E-state index in [1.165, 1.54) is 22.3 Å². The average Bonchev–Trinajstić information content (AvgIpc) is 4.29. The molecule has 4 aliphatic heterocycles. The molecule has 10 aromatic rings. The van der Waals surface area contributed by atoms with E-state index in [0.29, 0.717) is 0 Å². The van der Waals surface area contributed by atoms with Crippen LogP contribution in [0.4, 0.5) is 0 Å². The minimum Gasteiger partial charge on any atom is -0.355 e. The fourth-order valence-electron chi connectivity index (χ4n) is 11.5. The van der Waals surface area contributed by atoms with Gasteiger partial charge < -0.3 is 19.9 Å². The lowest BCUT2D eigenvalue weighted by molar-refractivity contribution is 1.02. The summed E-state index contributed by atoms with van der Waals surface area (Å²) in [4.78, 5) is 38.0. The molecule has 76 heavy (non-hydrogen) atoms. The van der Waals surface area contributed by atoms with Crippen LogP contribution in [0.15, 0.2) is 158 Å². The van der Waals surface area contributed by atoms with Gasteiger partial charge in [0.15, 0.2) is 0 Å². The second kappa shape index (κ2) is 18.2. The number of aromatic nitrogens is 8. The molecule has 10 heterocycles. The maximum atomic E-state index is 5.83. The van der Waals surface area contributed by atoms with E-state index in [4.69, 9.17) is 19.9 Å². The predicted molar refractivity (Wildman–Crippen MR) is 314 cm³/mol. The fraction of sp³-hybridized carbons (Fsp3) is 0.118. The van der Waals surface area contributed by atoms with Gasteiger partial charge in [-0.1, -0.05) is 119 Å². The zero-order chi connectivity index (χ0) is 51.0. The number of aryl methyl sites for hydroxylation is 8. The molecule has 14 rings (SSSR count). The number of nitrogens with zero attached hydrogens (tertiary/aromatic N) is 4. The van der Waals surface area contributed by atoms with E-state index >= 15 is 0 Å². The summed E-state index contributed by atoms with van der Waals surface area (Å²) in [6.07, 6.45) is 11.5. The maximum Gasteiger partial charge on any atom is 0.0736 e. The zero-order valence-electron chi connectivity index (χ0n) is 42.9. The van der Waals surface area contributed by atoms with E-state index in [1.54, 1.807) is 0 Å². The molecular formula is C68H54N8. The van der Waals surface area contributed by atoms with Crippen LogP contribution in [0.1, 0.15) is 67.8 Å². The Morgan fingerprint density at radius 1 is 0.276 bits per heavy atom. The maximum absolute atomic E-state index is 5.83. The van der Waals surface area contributed by atoms with Gasteiger partial charge in [0.25, 0.3) is 0 Å². The molecule has 366 valence electrons. The minimum atomic E-state index is 0.723. The number of nitrogens with one attached hydrogen (secondary N) is 4. The molecule has 0 radical (unpaired) electrons. The summed E-state index contributed by atoms with van der Waals surface area (Å²) in [6, 6.07) is 57.1. The summed E-state index contributed by atoms with van der Waals surface area (Å²) in [5.41, 5.74) is 30.9. The Kier molecular flexibility index (Phi) is 10.8. The van der Waals surface area contributed by atoms with Gasteiger partial charge in [0.2, 0.25) is 0 Å². The standard InChI is InChI=1S/C68H54N8/c1-39-5-13-43(14-6-39)63-51-25-21-47(69-51)37-48-22-26-52(70-48)64(44-15-7-40(2)8-16-44)56-30-34-60(74-56)67(59-33-29-55(63)73-59)68-61-35-31-57(75-61)65(45-17-9-41(3)10-18-45)53-27-23-49(71-53)38-50-24-28-54(72-50)66(58-32-36-62(68)76-58)46-19-11-42(4)12-20-46/h5-29,31,33,35,37-38,70,72-73,75H,30,32,34,36H2,1-4H3. The molecule has 6 aromatic heterocycles. The third-order valence-corrected chi connectivity index (χ3v) is 15.3. The predicted octanol–water partition coefficient (Wildman–Crippen LogP) is 16.4. The summed E-state index contributed by atoms with van der Waals surface area (Å²) in [5, 5.41) is 0. The van der Waals surface area contributed by atoms with Gasteiger partial charge in [-0.2, -0.15) is 0 Å². The molecule has 0 aliphatic carbocycles. The first-order valence-electron chi connectivity index (χ1n) is 26.4. The van der Waals surface area contributed by atoms with Crippen molar-refractivity contribution in [1.82, 2.24) is 39.9 Å². The first kappa shape index (κ1) is 45.2. The first-order valence-corrected chi connectivity index (χ1v) is 26.4. The van der Waals surface area contributed by atoms with Gasteiger partial charge >= 0.3 is 0 Å². The molecule has 8 nitrogen and oxygen atoms in total. The molecule has 0 saturated carbocycles. The van der Waals surface area contributed by atoms with Crippen molar-refractivity contribution in [3.63, 3.8) is 0 Å². The van der Waals surface area contributed by atoms with Gasteiger partial charge in [0.05, 0.1) is 45.6 Å². The van der Waals surface area contributed by atoms with E-state index in [9.17, 15) is 0 Å². The number of aromatic amines is 4. The molecule has 4 N–H and O–H groups in total. The number of rotatable bonds is 5. The van der Waals surface area contributed by atoms with Gasteiger partial charge in [-0.25, -0.2) is 9.97 Å². The summed E-state index contributed by atoms with van der Waals surface area (Å²) in [6.45, 7) is 8.54. The van der Waals surface area contributed by atoms with Crippen molar-refractivity contribution in [3.05, 3.63) is 226 Å². The SMILES string of the molecule is Cc1ccc(-c2c3nc(cc4ccc([nH]4)c(-c4ccc(C)cc4)c4nc(c(-c5c6nc(c(-c7ccc(C)cc7)c7ccc(cc8nc(c(-c9ccc(C)cc9)c9ccc5[nH]9)C=C8)[nH]7)CC6)c5ccc2[nH]5)CC4)C=C3)cc1. The van der Waals surface area contributed by atoms with E-state index in [2.05, 4.69) is 230 Å². The van der Waals surface area contributed by atoms with Gasteiger partial charge in [-0.3, -0.25) is 9.97 Å². The van der Waals surface area contributed by atoms with Crippen LogP contribution in [0.2, 0.25) is 0 Å². The van der Waals surface area contributed by atoms with Gasteiger partial charge in [0, 0.05) is 77.5 Å². The highest BCUT2D eigenvalue weighted by Crippen LogP contribution is 2.41. The zero-order valence-corrected chi connectivity index (χ0v) is 42.9. The lowest BCUT2D eigenvalue weighted by Crippen LogP contribution is -1.94. The highest BCUT2D eigenvalue weighted by atomic mass is 14.8. The van der Waals surface area contributed by atoms with Crippen molar-refractivity contribution in [2.24, 2.45) is 0 Å². The quantitative estimate of drug-likeness (QED) is 0.137. The highest BCUT2D eigenvalue weighted by molar-refractivity contribution is 5.99. The monoisotopic (exact) mass is 982 g/mol. The highest BCUT2D eigenvalue weighted by Gasteiger charge is 2.26. The van der Waals surface area contributed by atoms with Crippen molar-refractivity contribution in [1.29, 1.82) is 0 Å². The Balaban J connectivity index is 1.17. The van der Waals surface area contributed by atoms with Crippen LogP contribution in [-0.4, -0.2) is 39.9 Å². The minimum absolute atomic E-state index is 0.723. The third kappa shape index (κ3) is 8.19. The van der Waals surface area contributed by atoms with E-state index in [0.717, 1.165) is 171 Å². The Labute approximate surface area is 440 Å². The molecule has 4 aromatic carbocycles. The molecular weight excluding hydrogens is 929 g/mol. The number of hydrogen-bond acceptors (Lipinski definition) is 4. The van der Waals surface area contributed by atoms with Crippen LogP contribution < -0.4 is 0 Å². The van der Waals surface area contributed by atoms with E-state index < -0.39 is 0 Å². The summed E-state index contributed by atoms with van der Waals surface area (Å²) < 4.78 is 0. The topological polar surface area (TPSA) is 115 Å². The fourth-order valence-corrected chi connectivity index (χ4v) is 11.5. The van der Waals surface area contributed by atoms with Crippen molar-refractivity contribution in [2.75, 3.05) is 0 Å². The number of hydrogen-bond donors (Lipinski definition) is 4. The number of fused-ring (bicyclic) bond motifs is 16. The van der Waals surface area contributed by atoms with E-state index in [-0.39, 0.29) is 0 Å². The van der Waals surface area contributed by atoms with Gasteiger partial charge in [-0.15, -0.1) is 0 Å². The van der Waals surface area contributed by atoms with Gasteiger partial charge in [0.1, 0.15) is 0 Å². The second-order valence-corrected chi connectivity index (χ2v) is 20.7. The molecule has 0 spiro atoms. The summed E-state index contributed by atoms with van der Waals surface area (Å²) in [5.74, 6) is 0. The number of H-pyrrole nitrogens is 4. The van der Waals surface area contributed by atoms with Crippen LogP contribution >= 0.6 is 0 Å². The molecule has 0 fully saturated rings. The second-order valence-electron chi connectivity index (χ2n) is 20.7. The largest absolute Gasteiger partial charge is 0.355 e. The van der Waals surface area contributed by atoms with Crippen molar-refractivity contribution in [2.45, 2.75) is 53.4 Å². The Bertz CT molecular complexity index is 4120. The van der Waals surface area contributed by atoms with Crippen LogP contribution in [0.5, 0.6) is 0 Å². The average molecular weight is 983 g/mol. The molecule has 4 aliphatic rings. The van der Waals surface area contributed by atoms with Crippen molar-refractivity contribution in [3.8, 4) is 55.6 Å². The molecule has 8 heteroatoms. The summed E-state index contributed by atoms with van der Waals surface area (Å²) in [7, 11) is 0. The molecule has 0 unspecified atom stereocenters. The molecule has 0 saturated heterocycles. The Hall–Kier alpha value is -9.40. The van der Waals surface area contributed by atoms with Gasteiger partial charge in [-0.05, 0) is 161 Å². The van der Waals surface area contributed by atoms with E-state index in [1.807, 2.05) is 0 Å². The van der Waals surface area contributed by atoms with Crippen molar-refractivity contribution < 1.29 is 0 Å². The summed E-state index contributed by atoms with van der Waals surface area (Å²) >= 11 is 0. The molecule has 16 bridgehead atoms. The Morgan fingerprint density at radius 2 is 0.566 bits per heavy atom. The normalized spacial score (nSPS) is 12.9. The van der Waals surface area contributed by atoms with Crippen molar-refractivity contribution >= 4 is 68.4 Å². The molecule has 0 amide bonds. The first-order chi connectivity index (χ1) is 37.2. The number of benzene rings is 4. The van der Waals surface area contributed by atoms with Crippen LogP contribution in [-0.2, 0) is 25.7 Å². The lowest BCUT2D eigenvalue weighted by Gasteiger charge is -2.09. The smallest absolute Gasteiger partial charge is 0.0736 e. The molecule has 0 atom stereocenters. The lowest BCUT2D eigenvalue weighted by atomic mass is 9.98. The van der Waals surface area contributed by atoms with Crippen LogP contribution in [0, 0.1) is 27.7 Å². The third-order valence-electron chi connectivity index (χ3n) is 15.3. The van der Waals surface area contributed by atoms with Crippen LogP contribution in [0.25, 0.3) is 124 Å².